The molecule has 0 fully saturated rings. The number of halogens is 1. The first-order valence-electron chi connectivity index (χ1n) is 7.52. The molecule has 0 N–H and O–H groups in total. The van der Waals surface area contributed by atoms with Crippen LogP contribution in [0.3, 0.4) is 0 Å². The van der Waals surface area contributed by atoms with E-state index in [9.17, 15) is 0 Å². The fourth-order valence-electron chi connectivity index (χ4n) is 2.94. The van der Waals surface area contributed by atoms with Crippen molar-refractivity contribution in [3.05, 3.63) is 64.2 Å². The highest BCUT2D eigenvalue weighted by Gasteiger charge is 2.22. The molecule has 2 heterocycles. The van der Waals surface area contributed by atoms with Crippen molar-refractivity contribution in [2.24, 2.45) is 4.99 Å². The number of hydrogen-bond donors (Lipinski definition) is 0. The number of hydrogen-bond acceptors (Lipinski definition) is 3. The number of nitrogens with zero attached hydrogens (tertiary/aromatic N) is 1. The second-order valence-corrected chi connectivity index (χ2v) is 5.99. The first-order valence-corrected chi connectivity index (χ1v) is 7.90. The fraction of sp³-hybridized carbons (Fsp3) is 0.278. The van der Waals surface area contributed by atoms with Gasteiger partial charge in [0.15, 0.2) is 0 Å². The minimum atomic E-state index is 0.0932. The van der Waals surface area contributed by atoms with Crippen LogP contribution < -0.4 is 4.74 Å². The van der Waals surface area contributed by atoms with Gasteiger partial charge in [-0.15, -0.1) is 0 Å². The molecule has 1 atom stereocenters. The highest BCUT2D eigenvalue weighted by Crippen LogP contribution is 2.35. The van der Waals surface area contributed by atoms with E-state index in [1.54, 1.807) is 0 Å². The van der Waals surface area contributed by atoms with Crippen molar-refractivity contribution in [3.8, 4) is 5.75 Å². The minimum Gasteiger partial charge on any atom is -0.485 e. The maximum Gasteiger partial charge on any atom is 0.216 e. The molecule has 0 bridgehead atoms. The van der Waals surface area contributed by atoms with E-state index < -0.39 is 0 Å². The Morgan fingerprint density at radius 2 is 1.95 bits per heavy atom. The molecular formula is C18H16ClNO2. The van der Waals surface area contributed by atoms with Crippen LogP contribution in [0.15, 0.2) is 47.5 Å². The van der Waals surface area contributed by atoms with Crippen molar-refractivity contribution < 1.29 is 9.47 Å². The van der Waals surface area contributed by atoms with Crippen LogP contribution in [0.5, 0.6) is 5.75 Å². The zero-order chi connectivity index (χ0) is 14.9. The average molecular weight is 314 g/mol. The van der Waals surface area contributed by atoms with Gasteiger partial charge in [-0.2, -0.15) is 0 Å². The van der Waals surface area contributed by atoms with Crippen molar-refractivity contribution in [3.63, 3.8) is 0 Å². The third-order valence-electron chi connectivity index (χ3n) is 4.08. The Morgan fingerprint density at radius 1 is 1.09 bits per heavy atom. The number of rotatable bonds is 2. The number of benzene rings is 2. The van der Waals surface area contributed by atoms with E-state index in [4.69, 9.17) is 21.1 Å². The van der Waals surface area contributed by atoms with Crippen molar-refractivity contribution in [1.82, 2.24) is 0 Å². The Kier molecular flexibility index (Phi) is 3.51. The molecule has 22 heavy (non-hydrogen) atoms. The van der Waals surface area contributed by atoms with Crippen LogP contribution in [0.2, 0.25) is 5.02 Å². The van der Waals surface area contributed by atoms with E-state index in [-0.39, 0.29) is 6.10 Å². The summed E-state index contributed by atoms with van der Waals surface area (Å²) in [5, 5.41) is 0.752. The van der Waals surface area contributed by atoms with E-state index in [2.05, 4.69) is 11.1 Å². The average Bonchev–Trinajstić information content (AvgIpc) is 3.09. The normalized spacial score (nSPS) is 19.9. The number of aryl methyl sites for hydroxylation is 1. The minimum absolute atomic E-state index is 0.0932. The van der Waals surface area contributed by atoms with Crippen molar-refractivity contribution >= 4 is 17.5 Å². The lowest BCUT2D eigenvalue weighted by molar-refractivity contribution is 0.176. The molecule has 0 amide bonds. The summed E-state index contributed by atoms with van der Waals surface area (Å²) in [6.07, 6.45) is 2.05. The third-order valence-corrected chi connectivity index (χ3v) is 4.33. The van der Waals surface area contributed by atoms with Gasteiger partial charge >= 0.3 is 0 Å². The van der Waals surface area contributed by atoms with E-state index in [1.165, 1.54) is 11.1 Å². The molecule has 0 aliphatic carbocycles. The molecule has 112 valence electrons. The van der Waals surface area contributed by atoms with Crippen LogP contribution in [-0.2, 0) is 11.2 Å². The summed E-state index contributed by atoms with van der Waals surface area (Å²) in [4.78, 5) is 4.37. The molecule has 1 unspecified atom stereocenters. The van der Waals surface area contributed by atoms with Gasteiger partial charge in [-0.05, 0) is 54.3 Å². The lowest BCUT2D eigenvalue weighted by Crippen LogP contribution is -2.15. The first kappa shape index (κ1) is 13.6. The molecule has 3 nitrogen and oxygen atoms in total. The Hall–Kier alpha value is -2.00. The molecule has 0 aromatic heterocycles. The fourth-order valence-corrected chi connectivity index (χ4v) is 3.07. The van der Waals surface area contributed by atoms with Crippen LogP contribution in [-0.4, -0.2) is 19.0 Å². The summed E-state index contributed by atoms with van der Waals surface area (Å²) in [6.45, 7) is 1.43. The molecule has 0 saturated heterocycles. The summed E-state index contributed by atoms with van der Waals surface area (Å²) in [5.41, 5.74) is 3.44. The molecule has 2 aromatic rings. The van der Waals surface area contributed by atoms with Gasteiger partial charge in [0.25, 0.3) is 0 Å². The topological polar surface area (TPSA) is 30.8 Å². The second-order valence-electron chi connectivity index (χ2n) is 5.55. The lowest BCUT2D eigenvalue weighted by Gasteiger charge is -2.27. The van der Waals surface area contributed by atoms with Crippen LogP contribution >= 0.6 is 11.6 Å². The highest BCUT2D eigenvalue weighted by atomic mass is 35.5. The van der Waals surface area contributed by atoms with E-state index in [1.807, 2.05) is 36.4 Å². The van der Waals surface area contributed by atoms with Gasteiger partial charge in [0.1, 0.15) is 18.5 Å². The van der Waals surface area contributed by atoms with Gasteiger partial charge in [-0.25, -0.2) is 4.99 Å². The largest absolute Gasteiger partial charge is 0.485 e. The molecule has 4 heteroatoms. The number of aliphatic imine (C=N–C) groups is 1. The third kappa shape index (κ3) is 2.57. The molecule has 2 aromatic carbocycles. The van der Waals surface area contributed by atoms with Gasteiger partial charge in [0.05, 0.1) is 6.54 Å². The summed E-state index contributed by atoms with van der Waals surface area (Å²) in [7, 11) is 0. The summed E-state index contributed by atoms with van der Waals surface area (Å²) >= 11 is 5.95. The van der Waals surface area contributed by atoms with Gasteiger partial charge < -0.3 is 9.47 Å². The van der Waals surface area contributed by atoms with Crippen LogP contribution in [0.1, 0.15) is 29.2 Å². The predicted molar refractivity (Wildman–Crippen MR) is 86.9 cm³/mol. The SMILES string of the molecule is Clc1ccc(C2CCc3cc(C4=NCCO4)ccc3O2)cc1. The number of ether oxygens (including phenoxy) is 2. The number of fused-ring (bicyclic) bond motifs is 1. The molecule has 2 aliphatic heterocycles. The maximum atomic E-state index is 6.15. The monoisotopic (exact) mass is 313 g/mol. The summed E-state index contributed by atoms with van der Waals surface area (Å²) < 4.78 is 11.7. The van der Waals surface area contributed by atoms with Crippen molar-refractivity contribution in [2.45, 2.75) is 18.9 Å². The zero-order valence-electron chi connectivity index (χ0n) is 12.1. The Balaban J connectivity index is 1.57. The van der Waals surface area contributed by atoms with Gasteiger partial charge in [0, 0.05) is 10.6 Å². The van der Waals surface area contributed by atoms with E-state index in [0.29, 0.717) is 6.61 Å². The molecule has 0 saturated carbocycles. The van der Waals surface area contributed by atoms with Gasteiger partial charge in [0.2, 0.25) is 5.90 Å². The first-order chi connectivity index (χ1) is 10.8. The molecular weight excluding hydrogens is 298 g/mol. The van der Waals surface area contributed by atoms with Crippen molar-refractivity contribution in [1.29, 1.82) is 0 Å². The predicted octanol–water partition coefficient (Wildman–Crippen LogP) is 4.18. The van der Waals surface area contributed by atoms with Gasteiger partial charge in [-0.3, -0.25) is 0 Å². The standard InChI is InChI=1S/C18H16ClNO2/c19-15-5-1-12(2-6-15)16-7-3-13-11-14(4-8-17(13)22-16)18-20-9-10-21-18/h1-2,4-6,8,11,16H,3,7,9-10H2. The Morgan fingerprint density at radius 3 is 2.73 bits per heavy atom. The van der Waals surface area contributed by atoms with Gasteiger partial charge in [-0.1, -0.05) is 23.7 Å². The smallest absolute Gasteiger partial charge is 0.216 e. The molecule has 0 radical (unpaired) electrons. The van der Waals surface area contributed by atoms with E-state index >= 15 is 0 Å². The van der Waals surface area contributed by atoms with Crippen LogP contribution in [0.25, 0.3) is 0 Å². The van der Waals surface area contributed by atoms with Crippen LogP contribution in [0.4, 0.5) is 0 Å². The Labute approximate surface area is 134 Å². The summed E-state index contributed by atoms with van der Waals surface area (Å²) in [5.74, 6) is 1.70. The second kappa shape index (κ2) is 5.65. The quantitative estimate of drug-likeness (QED) is 0.832. The van der Waals surface area contributed by atoms with E-state index in [0.717, 1.165) is 41.6 Å². The Bertz CT molecular complexity index is 724. The zero-order valence-corrected chi connectivity index (χ0v) is 12.8. The summed E-state index contributed by atoms with van der Waals surface area (Å²) in [6, 6.07) is 14.1. The molecule has 4 rings (SSSR count). The highest BCUT2D eigenvalue weighted by molar-refractivity contribution is 6.30. The molecule has 0 spiro atoms. The van der Waals surface area contributed by atoms with Crippen LogP contribution in [0, 0.1) is 0 Å². The molecule has 2 aliphatic rings. The lowest BCUT2D eigenvalue weighted by atomic mass is 9.96. The maximum absolute atomic E-state index is 6.15. The van der Waals surface area contributed by atoms with Crippen molar-refractivity contribution in [2.75, 3.05) is 13.2 Å².